The summed E-state index contributed by atoms with van der Waals surface area (Å²) in [4.78, 5) is 29.1. The molecule has 1 aromatic carbocycles. The highest BCUT2D eigenvalue weighted by Crippen LogP contribution is 2.22. The summed E-state index contributed by atoms with van der Waals surface area (Å²) in [6, 6.07) is 4.34. The molecule has 0 radical (unpaired) electrons. The summed E-state index contributed by atoms with van der Waals surface area (Å²) < 4.78 is 25.9. The van der Waals surface area contributed by atoms with Gasteiger partial charge in [-0.25, -0.2) is 12.7 Å². The second-order valence-corrected chi connectivity index (χ2v) is 10.6. The first-order chi connectivity index (χ1) is 13.9. The first kappa shape index (κ1) is 24.3. The molecule has 0 spiro atoms. The Morgan fingerprint density at radius 2 is 1.70 bits per heavy atom. The van der Waals surface area contributed by atoms with Crippen molar-refractivity contribution in [2.24, 2.45) is 5.92 Å². The molecule has 1 heterocycles. The zero-order valence-corrected chi connectivity index (χ0v) is 19.6. The molecule has 0 bridgehead atoms. The average Bonchev–Trinajstić information content (AvgIpc) is 2.68. The quantitative estimate of drug-likeness (QED) is 0.701. The van der Waals surface area contributed by atoms with Gasteiger partial charge in [-0.3, -0.25) is 14.5 Å². The molecule has 1 fully saturated rings. The van der Waals surface area contributed by atoms with Crippen LogP contribution in [0.25, 0.3) is 0 Å². The molecule has 0 saturated carbocycles. The standard InChI is InChI=1S/C21H34N4O4S/c1-15(2)13-20(26)25-11-9-24(10-12-25)17(4)21(27)22-19-14-18(8-7-16(19)3)30(28,29)23(5)6/h7-8,14-15,17H,9-13H2,1-6H3,(H,22,27). The number of rotatable bonds is 7. The summed E-state index contributed by atoms with van der Waals surface area (Å²) in [6.07, 6.45) is 0.543. The van der Waals surface area contributed by atoms with E-state index < -0.39 is 10.0 Å². The fourth-order valence-electron chi connectivity index (χ4n) is 3.35. The molecule has 1 aromatic rings. The van der Waals surface area contributed by atoms with Crippen molar-refractivity contribution >= 4 is 27.5 Å². The second kappa shape index (κ2) is 9.89. The summed E-state index contributed by atoms with van der Waals surface area (Å²) in [7, 11) is -0.635. The highest BCUT2D eigenvalue weighted by atomic mass is 32.2. The van der Waals surface area contributed by atoms with Gasteiger partial charge < -0.3 is 10.2 Å². The summed E-state index contributed by atoms with van der Waals surface area (Å²) in [6.45, 7) is 10.2. The van der Waals surface area contributed by atoms with E-state index >= 15 is 0 Å². The summed E-state index contributed by atoms with van der Waals surface area (Å²) in [5.74, 6) is 0.297. The third-order valence-corrected chi connectivity index (χ3v) is 7.23. The lowest BCUT2D eigenvalue weighted by Crippen LogP contribution is -2.54. The third-order valence-electron chi connectivity index (χ3n) is 5.42. The van der Waals surface area contributed by atoms with Crippen molar-refractivity contribution in [3.05, 3.63) is 23.8 Å². The van der Waals surface area contributed by atoms with Gasteiger partial charge in [-0.05, 0) is 37.5 Å². The van der Waals surface area contributed by atoms with Crippen molar-refractivity contribution in [1.29, 1.82) is 0 Å². The van der Waals surface area contributed by atoms with Crippen LogP contribution in [0.15, 0.2) is 23.1 Å². The van der Waals surface area contributed by atoms with Gasteiger partial charge in [-0.1, -0.05) is 19.9 Å². The highest BCUT2D eigenvalue weighted by Gasteiger charge is 2.28. The topological polar surface area (TPSA) is 90.0 Å². The van der Waals surface area contributed by atoms with Crippen molar-refractivity contribution < 1.29 is 18.0 Å². The Hall–Kier alpha value is -1.97. The van der Waals surface area contributed by atoms with Crippen LogP contribution in [0.2, 0.25) is 0 Å². The average molecular weight is 439 g/mol. The molecule has 2 rings (SSSR count). The number of hydrogen-bond acceptors (Lipinski definition) is 5. The van der Waals surface area contributed by atoms with Gasteiger partial charge in [0.2, 0.25) is 21.8 Å². The molecule has 1 aliphatic rings. The molecule has 8 nitrogen and oxygen atoms in total. The van der Waals surface area contributed by atoms with Crippen LogP contribution in [0.5, 0.6) is 0 Å². The van der Waals surface area contributed by atoms with E-state index in [4.69, 9.17) is 0 Å². The number of anilines is 1. The highest BCUT2D eigenvalue weighted by molar-refractivity contribution is 7.89. The monoisotopic (exact) mass is 438 g/mol. The molecular formula is C21H34N4O4S. The largest absolute Gasteiger partial charge is 0.340 e. The van der Waals surface area contributed by atoms with Gasteiger partial charge in [-0.2, -0.15) is 0 Å². The molecule has 30 heavy (non-hydrogen) atoms. The van der Waals surface area contributed by atoms with E-state index in [2.05, 4.69) is 5.32 Å². The Balaban J connectivity index is 2.02. The smallest absolute Gasteiger partial charge is 0.242 e. The Labute approximate surface area is 180 Å². The van der Waals surface area contributed by atoms with Crippen molar-refractivity contribution in [3.63, 3.8) is 0 Å². The first-order valence-corrected chi connectivity index (χ1v) is 11.7. The first-order valence-electron chi connectivity index (χ1n) is 10.3. The maximum Gasteiger partial charge on any atom is 0.242 e. The van der Waals surface area contributed by atoms with Crippen LogP contribution >= 0.6 is 0 Å². The maximum atomic E-state index is 12.8. The maximum absolute atomic E-state index is 12.8. The molecular weight excluding hydrogens is 404 g/mol. The van der Waals surface area contributed by atoms with E-state index in [-0.39, 0.29) is 22.8 Å². The molecule has 1 N–H and O–H groups in total. The molecule has 1 saturated heterocycles. The zero-order chi connectivity index (χ0) is 22.6. The number of carbonyl (C=O) groups is 2. The minimum absolute atomic E-state index is 0.137. The molecule has 2 amide bonds. The van der Waals surface area contributed by atoms with E-state index in [9.17, 15) is 18.0 Å². The number of carbonyl (C=O) groups excluding carboxylic acids is 2. The number of sulfonamides is 1. The number of hydrogen-bond donors (Lipinski definition) is 1. The zero-order valence-electron chi connectivity index (χ0n) is 18.8. The van der Waals surface area contributed by atoms with Crippen LogP contribution in [-0.4, -0.2) is 80.7 Å². The predicted molar refractivity (Wildman–Crippen MR) is 118 cm³/mol. The Morgan fingerprint density at radius 1 is 1.10 bits per heavy atom. The Kier molecular flexibility index (Phi) is 8.01. The van der Waals surface area contributed by atoms with Gasteiger partial charge in [0.1, 0.15) is 0 Å². The lowest BCUT2D eigenvalue weighted by molar-refractivity contribution is -0.134. The molecule has 0 aliphatic carbocycles. The number of aryl methyl sites for hydroxylation is 1. The molecule has 0 aromatic heterocycles. The molecule has 1 unspecified atom stereocenters. The number of nitrogens with one attached hydrogen (secondary N) is 1. The SMILES string of the molecule is Cc1ccc(S(=O)(=O)N(C)C)cc1NC(=O)C(C)N1CCN(C(=O)CC(C)C)CC1. The van der Waals surface area contributed by atoms with Crippen LogP contribution in [0.4, 0.5) is 5.69 Å². The van der Waals surface area contributed by atoms with E-state index in [0.717, 1.165) is 9.87 Å². The third kappa shape index (κ3) is 5.80. The van der Waals surface area contributed by atoms with E-state index in [1.807, 2.05) is 37.5 Å². The summed E-state index contributed by atoms with van der Waals surface area (Å²) in [5.41, 5.74) is 1.28. The minimum atomic E-state index is -3.58. The molecule has 1 aliphatic heterocycles. The summed E-state index contributed by atoms with van der Waals surface area (Å²) >= 11 is 0. The van der Waals surface area contributed by atoms with E-state index in [1.54, 1.807) is 6.07 Å². The predicted octanol–water partition coefficient (Wildman–Crippen LogP) is 1.76. The van der Waals surface area contributed by atoms with E-state index in [0.29, 0.717) is 44.2 Å². The normalized spacial score (nSPS) is 16.7. The van der Waals surface area contributed by atoms with Crippen LogP contribution in [0.3, 0.4) is 0 Å². The molecule has 168 valence electrons. The number of nitrogens with zero attached hydrogens (tertiary/aromatic N) is 3. The van der Waals surface area contributed by atoms with Crippen molar-refractivity contribution in [2.75, 3.05) is 45.6 Å². The lowest BCUT2D eigenvalue weighted by atomic mass is 10.1. The second-order valence-electron chi connectivity index (χ2n) is 8.44. The molecule has 1 atom stereocenters. The minimum Gasteiger partial charge on any atom is -0.340 e. The van der Waals surface area contributed by atoms with E-state index in [1.165, 1.54) is 26.2 Å². The Morgan fingerprint density at radius 3 is 2.23 bits per heavy atom. The van der Waals surface area contributed by atoms with Gasteiger partial charge in [-0.15, -0.1) is 0 Å². The van der Waals surface area contributed by atoms with Crippen molar-refractivity contribution in [2.45, 2.75) is 45.1 Å². The van der Waals surface area contributed by atoms with Crippen LogP contribution in [0, 0.1) is 12.8 Å². The van der Waals surface area contributed by atoms with Gasteiger partial charge >= 0.3 is 0 Å². The van der Waals surface area contributed by atoms with Crippen LogP contribution in [0.1, 0.15) is 32.8 Å². The number of benzene rings is 1. The summed E-state index contributed by atoms with van der Waals surface area (Å²) in [5, 5.41) is 2.87. The van der Waals surface area contributed by atoms with Crippen molar-refractivity contribution in [1.82, 2.24) is 14.1 Å². The number of piperazine rings is 1. The number of amides is 2. The van der Waals surface area contributed by atoms with Gasteiger partial charge in [0, 0.05) is 52.4 Å². The fraction of sp³-hybridized carbons (Fsp3) is 0.619. The van der Waals surface area contributed by atoms with Crippen LogP contribution < -0.4 is 5.32 Å². The van der Waals surface area contributed by atoms with Crippen LogP contribution in [-0.2, 0) is 19.6 Å². The molecule has 9 heteroatoms. The lowest BCUT2D eigenvalue weighted by Gasteiger charge is -2.37. The van der Waals surface area contributed by atoms with Gasteiger partial charge in [0.15, 0.2) is 0 Å². The van der Waals surface area contributed by atoms with Gasteiger partial charge in [0.25, 0.3) is 0 Å². The Bertz CT molecular complexity index is 875. The van der Waals surface area contributed by atoms with Gasteiger partial charge in [0.05, 0.1) is 10.9 Å². The fourth-order valence-corrected chi connectivity index (χ4v) is 4.28. The van der Waals surface area contributed by atoms with Crippen molar-refractivity contribution in [3.8, 4) is 0 Å².